The Morgan fingerprint density at radius 2 is 2.00 bits per heavy atom. The van der Waals surface area contributed by atoms with Gasteiger partial charge in [0.2, 0.25) is 5.95 Å². The zero-order valence-corrected chi connectivity index (χ0v) is 11.2. The van der Waals surface area contributed by atoms with Gasteiger partial charge < -0.3 is 0 Å². The number of pyridine rings is 2. The summed E-state index contributed by atoms with van der Waals surface area (Å²) in [6.45, 7) is 1.57. The zero-order valence-electron chi connectivity index (χ0n) is 9.62. The topological polar surface area (TPSA) is 38.1 Å². The van der Waals surface area contributed by atoms with E-state index in [2.05, 4.69) is 27.2 Å². The van der Waals surface area contributed by atoms with Crippen LogP contribution < -0.4 is 0 Å². The van der Waals surface area contributed by atoms with Crippen molar-refractivity contribution in [2.45, 2.75) is 6.92 Å². The first kappa shape index (κ1) is 13.7. The van der Waals surface area contributed by atoms with Crippen LogP contribution in [-0.4, -0.2) is 15.1 Å². The summed E-state index contributed by atoms with van der Waals surface area (Å²) in [6, 6.07) is 4.11. The third-order valence-electron chi connectivity index (χ3n) is 2.36. The maximum Gasteiger partial charge on any atom is 0.216 e. The van der Waals surface area contributed by atoms with Crippen LogP contribution in [0, 0.1) is 18.7 Å². The molecular formula is C12H6ClF2N3S. The van der Waals surface area contributed by atoms with E-state index >= 15 is 0 Å². The second kappa shape index (κ2) is 5.48. The summed E-state index contributed by atoms with van der Waals surface area (Å²) in [5.41, 5.74) is 0.483. The Morgan fingerprint density at radius 3 is 2.58 bits per heavy atom. The van der Waals surface area contributed by atoms with E-state index in [0.717, 1.165) is 6.07 Å². The highest BCUT2D eigenvalue weighted by atomic mass is 35.5. The van der Waals surface area contributed by atoms with Crippen molar-refractivity contribution >= 4 is 34.7 Å². The van der Waals surface area contributed by atoms with Crippen molar-refractivity contribution in [3.05, 3.63) is 40.7 Å². The third-order valence-corrected chi connectivity index (χ3v) is 2.71. The van der Waals surface area contributed by atoms with Gasteiger partial charge in [0.05, 0.1) is 16.5 Å². The molecule has 0 aliphatic carbocycles. The smallest absolute Gasteiger partial charge is 0.216 e. The van der Waals surface area contributed by atoms with E-state index in [4.69, 9.17) is 11.6 Å². The number of aliphatic imine (C=N–C) groups is 1. The lowest BCUT2D eigenvalue weighted by Gasteiger charge is -2.04. The summed E-state index contributed by atoms with van der Waals surface area (Å²) in [5.74, 6) is -1.37. The first-order valence-electron chi connectivity index (χ1n) is 5.10. The summed E-state index contributed by atoms with van der Waals surface area (Å²) >= 11 is 10.2. The van der Waals surface area contributed by atoms with Crippen molar-refractivity contribution in [3.8, 4) is 11.4 Å². The van der Waals surface area contributed by atoms with Crippen LogP contribution in [0.1, 0.15) is 5.56 Å². The highest BCUT2D eigenvalue weighted by Crippen LogP contribution is 2.29. The van der Waals surface area contributed by atoms with E-state index in [0.29, 0.717) is 5.56 Å². The summed E-state index contributed by atoms with van der Waals surface area (Å²) in [5, 5.41) is 1.82. The van der Waals surface area contributed by atoms with Gasteiger partial charge in [-0.2, -0.15) is 9.38 Å². The molecule has 2 aromatic heterocycles. The van der Waals surface area contributed by atoms with Gasteiger partial charge in [-0.05, 0) is 25.2 Å². The summed E-state index contributed by atoms with van der Waals surface area (Å²) < 4.78 is 27.1. The standard InChI is InChI=1S/C12H6ClF2N3S/c1-6-2-3-8(18-12(6)15)9-4-7(14)10(16-5-19)11(13)17-9/h2-4H,1H3. The molecule has 0 radical (unpaired) electrons. The summed E-state index contributed by atoms with van der Waals surface area (Å²) in [4.78, 5) is 11.1. The normalized spacial score (nSPS) is 10.1. The monoisotopic (exact) mass is 297 g/mol. The SMILES string of the molecule is Cc1ccc(-c2cc(F)c(N=C=S)c(Cl)n2)nc1F. The Labute approximate surface area is 118 Å². The fraction of sp³-hybridized carbons (Fsp3) is 0.0833. The Kier molecular flexibility index (Phi) is 3.95. The van der Waals surface area contributed by atoms with Crippen LogP contribution >= 0.6 is 23.8 Å². The van der Waals surface area contributed by atoms with Crippen LogP contribution in [0.2, 0.25) is 5.15 Å². The van der Waals surface area contributed by atoms with Crippen LogP contribution in [-0.2, 0) is 0 Å². The van der Waals surface area contributed by atoms with Gasteiger partial charge in [0, 0.05) is 11.6 Å². The molecule has 0 aliphatic rings. The lowest BCUT2D eigenvalue weighted by molar-refractivity contribution is 0.575. The van der Waals surface area contributed by atoms with Gasteiger partial charge in [-0.15, -0.1) is 0 Å². The summed E-state index contributed by atoms with van der Waals surface area (Å²) in [7, 11) is 0. The second-order valence-corrected chi connectivity index (χ2v) is 4.18. The average Bonchev–Trinajstić information content (AvgIpc) is 2.37. The molecule has 0 unspecified atom stereocenters. The van der Waals surface area contributed by atoms with Crippen molar-refractivity contribution in [2.24, 2.45) is 4.99 Å². The minimum absolute atomic E-state index is 0.115. The van der Waals surface area contributed by atoms with E-state index in [1.807, 2.05) is 5.16 Å². The Hall–Kier alpha value is -1.75. The van der Waals surface area contributed by atoms with Gasteiger partial charge in [0.15, 0.2) is 11.0 Å². The molecule has 0 saturated heterocycles. The highest BCUT2D eigenvalue weighted by molar-refractivity contribution is 7.78. The molecule has 0 amide bonds. The molecule has 0 saturated carbocycles. The molecule has 0 bridgehead atoms. The average molecular weight is 298 g/mol. The van der Waals surface area contributed by atoms with Crippen LogP contribution in [0.4, 0.5) is 14.5 Å². The number of halogens is 3. The Bertz CT molecular complexity index is 676. The van der Waals surface area contributed by atoms with E-state index in [-0.39, 0.29) is 22.2 Å². The van der Waals surface area contributed by atoms with Gasteiger partial charge in [0.25, 0.3) is 0 Å². The predicted octanol–water partition coefficient (Wildman–Crippen LogP) is 4.12. The first-order valence-corrected chi connectivity index (χ1v) is 5.89. The van der Waals surface area contributed by atoms with Gasteiger partial charge in [-0.1, -0.05) is 17.7 Å². The fourth-order valence-corrected chi connectivity index (χ4v) is 1.72. The Balaban J connectivity index is 2.57. The lowest BCUT2D eigenvalue weighted by Crippen LogP contribution is -1.95. The fourth-order valence-electron chi connectivity index (χ4n) is 1.40. The minimum atomic E-state index is -0.727. The number of thiocarbonyl (C=S) groups is 1. The van der Waals surface area contributed by atoms with E-state index in [1.165, 1.54) is 12.1 Å². The largest absolute Gasteiger partial charge is 0.232 e. The molecule has 0 N–H and O–H groups in total. The maximum absolute atomic E-state index is 13.7. The van der Waals surface area contributed by atoms with Gasteiger partial charge in [-0.3, -0.25) is 0 Å². The van der Waals surface area contributed by atoms with E-state index < -0.39 is 11.8 Å². The molecule has 2 aromatic rings. The van der Waals surface area contributed by atoms with Crippen molar-refractivity contribution in [3.63, 3.8) is 0 Å². The molecular weight excluding hydrogens is 292 g/mol. The molecule has 0 aromatic carbocycles. The maximum atomic E-state index is 13.7. The quantitative estimate of drug-likeness (QED) is 0.475. The second-order valence-electron chi connectivity index (χ2n) is 3.64. The molecule has 0 atom stereocenters. The van der Waals surface area contributed by atoms with E-state index in [1.54, 1.807) is 6.92 Å². The molecule has 7 heteroatoms. The van der Waals surface area contributed by atoms with Crippen LogP contribution in [0.15, 0.2) is 23.2 Å². The van der Waals surface area contributed by atoms with Gasteiger partial charge in [-0.25, -0.2) is 14.4 Å². The van der Waals surface area contributed by atoms with Crippen molar-refractivity contribution in [1.82, 2.24) is 9.97 Å². The molecule has 19 heavy (non-hydrogen) atoms. The van der Waals surface area contributed by atoms with Crippen LogP contribution in [0.25, 0.3) is 11.4 Å². The number of hydrogen-bond donors (Lipinski definition) is 0. The number of isothiocyanates is 1. The first-order chi connectivity index (χ1) is 9.02. The molecule has 2 heterocycles. The molecule has 96 valence electrons. The summed E-state index contributed by atoms with van der Waals surface area (Å²) in [6.07, 6.45) is 0. The van der Waals surface area contributed by atoms with Crippen LogP contribution in [0.5, 0.6) is 0 Å². The van der Waals surface area contributed by atoms with Gasteiger partial charge >= 0.3 is 0 Å². The van der Waals surface area contributed by atoms with Crippen molar-refractivity contribution in [2.75, 3.05) is 0 Å². The minimum Gasteiger partial charge on any atom is -0.232 e. The predicted molar refractivity (Wildman–Crippen MR) is 71.8 cm³/mol. The van der Waals surface area contributed by atoms with Gasteiger partial charge in [0.1, 0.15) is 5.69 Å². The zero-order chi connectivity index (χ0) is 14.0. The third kappa shape index (κ3) is 2.81. The number of nitrogens with zero attached hydrogens (tertiary/aromatic N) is 3. The Morgan fingerprint density at radius 1 is 1.26 bits per heavy atom. The molecule has 0 spiro atoms. The molecule has 2 rings (SSSR count). The number of aromatic nitrogens is 2. The number of aryl methyl sites for hydroxylation is 1. The molecule has 0 fully saturated rings. The van der Waals surface area contributed by atoms with E-state index in [9.17, 15) is 8.78 Å². The molecule has 3 nitrogen and oxygen atoms in total. The lowest BCUT2D eigenvalue weighted by atomic mass is 10.2. The molecule has 0 aliphatic heterocycles. The highest BCUT2D eigenvalue weighted by Gasteiger charge is 2.13. The van der Waals surface area contributed by atoms with Crippen LogP contribution in [0.3, 0.4) is 0 Å². The number of hydrogen-bond acceptors (Lipinski definition) is 4. The van der Waals surface area contributed by atoms with Crippen molar-refractivity contribution in [1.29, 1.82) is 0 Å². The van der Waals surface area contributed by atoms with Crippen molar-refractivity contribution < 1.29 is 8.78 Å². The number of rotatable bonds is 2.